The third kappa shape index (κ3) is 6.24. The van der Waals surface area contributed by atoms with Crippen molar-refractivity contribution in [2.45, 2.75) is 19.6 Å². The fourth-order valence-corrected chi connectivity index (χ4v) is 3.73. The molecular weight excluding hydrogens is 450 g/mol. The van der Waals surface area contributed by atoms with Gasteiger partial charge in [0.15, 0.2) is 0 Å². The number of rotatable bonds is 9. The molecule has 6 heteroatoms. The molecule has 0 atom stereocenters. The van der Waals surface area contributed by atoms with Crippen LogP contribution in [-0.2, 0) is 19.6 Å². The Hall–Kier alpha value is -4.71. The molecule has 0 aliphatic rings. The van der Waals surface area contributed by atoms with Gasteiger partial charge < -0.3 is 0 Å². The first-order valence-electron chi connectivity index (χ1n) is 11.7. The van der Waals surface area contributed by atoms with Crippen molar-refractivity contribution in [1.82, 2.24) is 13.7 Å². The van der Waals surface area contributed by atoms with Gasteiger partial charge in [-0.3, -0.25) is 0 Å². The first-order chi connectivity index (χ1) is 17.6. The van der Waals surface area contributed by atoms with E-state index in [1.54, 1.807) is 18.2 Å². The van der Waals surface area contributed by atoms with Gasteiger partial charge in [-0.1, -0.05) is 127 Å². The second-order valence-electron chi connectivity index (χ2n) is 8.12. The van der Waals surface area contributed by atoms with E-state index in [0.717, 1.165) is 30.4 Å². The summed E-state index contributed by atoms with van der Waals surface area (Å²) in [6.07, 6.45) is 10.8. The number of allylic oxidation sites excluding steroid dienone is 3. The summed E-state index contributed by atoms with van der Waals surface area (Å²) in [6, 6.07) is 28.8. The molecule has 0 saturated carbocycles. The molecule has 180 valence electrons. The van der Waals surface area contributed by atoms with Gasteiger partial charge in [-0.25, -0.2) is 28.1 Å². The van der Waals surface area contributed by atoms with Crippen molar-refractivity contribution >= 4 is 18.2 Å². The molecule has 3 aromatic carbocycles. The lowest BCUT2D eigenvalue weighted by Gasteiger charge is -2.11. The van der Waals surface area contributed by atoms with E-state index in [1.807, 2.05) is 109 Å². The summed E-state index contributed by atoms with van der Waals surface area (Å²) in [5, 5.41) is 0. The van der Waals surface area contributed by atoms with E-state index in [1.165, 1.54) is 0 Å². The zero-order valence-electron chi connectivity index (χ0n) is 19.8. The zero-order valence-corrected chi connectivity index (χ0v) is 19.8. The van der Waals surface area contributed by atoms with E-state index in [2.05, 4.69) is 0 Å². The summed E-state index contributed by atoms with van der Waals surface area (Å²) in [5.41, 5.74) is 0.957. The van der Waals surface area contributed by atoms with Crippen LogP contribution in [0.15, 0.2) is 124 Å². The van der Waals surface area contributed by atoms with Gasteiger partial charge in [0.1, 0.15) is 0 Å². The summed E-state index contributed by atoms with van der Waals surface area (Å²) < 4.78 is 3.27. The molecule has 0 radical (unpaired) electrons. The number of hydrogen-bond acceptors (Lipinski definition) is 3. The molecule has 36 heavy (non-hydrogen) atoms. The molecule has 0 aliphatic carbocycles. The SMILES string of the molecule is O=c1n(CC=Cc2ccccc2)c(=O)n(CC=Cc2ccccc2)c(=O)n1CC=Cc1ccccc1. The molecule has 0 aliphatic heterocycles. The van der Waals surface area contributed by atoms with Crippen molar-refractivity contribution in [3.8, 4) is 0 Å². The minimum atomic E-state index is -0.635. The van der Waals surface area contributed by atoms with Crippen LogP contribution in [0.2, 0.25) is 0 Å². The van der Waals surface area contributed by atoms with Crippen LogP contribution in [0, 0.1) is 0 Å². The van der Waals surface area contributed by atoms with E-state index < -0.39 is 17.1 Å². The Morgan fingerprint density at radius 3 is 0.917 bits per heavy atom. The minimum absolute atomic E-state index is 0.0532. The van der Waals surface area contributed by atoms with Crippen molar-refractivity contribution in [3.63, 3.8) is 0 Å². The van der Waals surface area contributed by atoms with Crippen molar-refractivity contribution in [2.24, 2.45) is 0 Å². The quantitative estimate of drug-likeness (QED) is 0.361. The second-order valence-corrected chi connectivity index (χ2v) is 8.12. The predicted octanol–water partition coefficient (Wildman–Crippen LogP) is 4.31. The van der Waals surface area contributed by atoms with E-state index in [4.69, 9.17) is 0 Å². The van der Waals surface area contributed by atoms with Crippen molar-refractivity contribution in [3.05, 3.63) is 157 Å². The second kappa shape index (κ2) is 12.1. The summed E-state index contributed by atoms with van der Waals surface area (Å²) in [5.74, 6) is 0. The van der Waals surface area contributed by atoms with Gasteiger partial charge in [-0.05, 0) is 16.7 Å². The fraction of sp³-hybridized carbons (Fsp3) is 0.100. The minimum Gasteiger partial charge on any atom is -0.247 e. The third-order valence-corrected chi connectivity index (χ3v) is 5.58. The molecule has 1 heterocycles. The van der Waals surface area contributed by atoms with Crippen LogP contribution in [-0.4, -0.2) is 13.7 Å². The van der Waals surface area contributed by atoms with E-state index in [9.17, 15) is 14.4 Å². The molecule has 0 unspecified atom stereocenters. The van der Waals surface area contributed by atoms with Gasteiger partial charge in [0.2, 0.25) is 0 Å². The van der Waals surface area contributed by atoms with Crippen molar-refractivity contribution in [2.75, 3.05) is 0 Å². The lowest BCUT2D eigenvalue weighted by Crippen LogP contribution is -2.54. The monoisotopic (exact) mass is 477 g/mol. The van der Waals surface area contributed by atoms with Crippen LogP contribution in [0.25, 0.3) is 18.2 Å². The highest BCUT2D eigenvalue weighted by Crippen LogP contribution is 2.03. The van der Waals surface area contributed by atoms with Gasteiger partial charge in [-0.15, -0.1) is 0 Å². The maximum Gasteiger partial charge on any atom is 0.336 e. The van der Waals surface area contributed by atoms with Crippen LogP contribution >= 0.6 is 0 Å². The standard InChI is InChI=1S/C30H27N3O3/c34-28-31(22-10-19-25-13-4-1-5-14-25)29(35)33(24-12-21-27-17-8-3-9-18-27)30(36)32(28)23-11-20-26-15-6-2-7-16-26/h1-21H,22-24H2. The third-order valence-electron chi connectivity index (χ3n) is 5.58. The van der Waals surface area contributed by atoms with Crippen LogP contribution in [0.1, 0.15) is 16.7 Å². The van der Waals surface area contributed by atoms with Gasteiger partial charge in [0.25, 0.3) is 0 Å². The van der Waals surface area contributed by atoms with E-state index in [-0.39, 0.29) is 19.6 Å². The highest BCUT2D eigenvalue weighted by atomic mass is 16.2. The number of aromatic nitrogens is 3. The Labute approximate surface area is 209 Å². The Balaban J connectivity index is 1.67. The zero-order chi connectivity index (χ0) is 25.2. The first kappa shape index (κ1) is 24.4. The topological polar surface area (TPSA) is 66.0 Å². The summed E-state index contributed by atoms with van der Waals surface area (Å²) in [7, 11) is 0. The summed E-state index contributed by atoms with van der Waals surface area (Å²) in [6.45, 7) is 0.160. The number of benzene rings is 3. The maximum absolute atomic E-state index is 13.2. The molecule has 6 nitrogen and oxygen atoms in total. The molecule has 0 saturated heterocycles. The average Bonchev–Trinajstić information content (AvgIpc) is 2.92. The lowest BCUT2D eigenvalue weighted by molar-refractivity contribution is 0.502. The van der Waals surface area contributed by atoms with Gasteiger partial charge in [0.05, 0.1) is 19.6 Å². The van der Waals surface area contributed by atoms with Gasteiger partial charge >= 0.3 is 17.1 Å². The Morgan fingerprint density at radius 1 is 0.417 bits per heavy atom. The Morgan fingerprint density at radius 2 is 0.667 bits per heavy atom. The molecule has 4 aromatic rings. The lowest BCUT2D eigenvalue weighted by atomic mass is 10.2. The predicted molar refractivity (Wildman–Crippen MR) is 146 cm³/mol. The van der Waals surface area contributed by atoms with Crippen LogP contribution in [0.4, 0.5) is 0 Å². The fourth-order valence-electron chi connectivity index (χ4n) is 3.73. The molecule has 0 N–H and O–H groups in total. The summed E-state index contributed by atoms with van der Waals surface area (Å²) >= 11 is 0. The number of nitrogens with zero attached hydrogens (tertiary/aromatic N) is 3. The molecule has 0 amide bonds. The number of hydrogen-bond donors (Lipinski definition) is 0. The van der Waals surface area contributed by atoms with Crippen molar-refractivity contribution in [1.29, 1.82) is 0 Å². The van der Waals surface area contributed by atoms with Crippen LogP contribution in [0.5, 0.6) is 0 Å². The van der Waals surface area contributed by atoms with Crippen LogP contribution in [0.3, 0.4) is 0 Å². The molecule has 0 spiro atoms. The molecular formula is C30H27N3O3. The van der Waals surface area contributed by atoms with Crippen LogP contribution < -0.4 is 17.1 Å². The average molecular weight is 478 g/mol. The smallest absolute Gasteiger partial charge is 0.247 e. The van der Waals surface area contributed by atoms with Gasteiger partial charge in [0, 0.05) is 0 Å². The maximum atomic E-state index is 13.2. The molecule has 0 fully saturated rings. The van der Waals surface area contributed by atoms with E-state index in [0.29, 0.717) is 0 Å². The highest BCUT2D eigenvalue weighted by molar-refractivity contribution is 5.49. The van der Waals surface area contributed by atoms with E-state index >= 15 is 0 Å². The summed E-state index contributed by atoms with van der Waals surface area (Å²) in [4.78, 5) is 39.5. The van der Waals surface area contributed by atoms with Crippen molar-refractivity contribution < 1.29 is 0 Å². The molecule has 4 rings (SSSR count). The Kier molecular flexibility index (Phi) is 8.22. The Bertz CT molecular complexity index is 1320. The van der Waals surface area contributed by atoms with Gasteiger partial charge in [-0.2, -0.15) is 0 Å². The molecule has 1 aromatic heterocycles. The normalized spacial score (nSPS) is 11.7. The largest absolute Gasteiger partial charge is 0.336 e. The molecule has 0 bridgehead atoms. The first-order valence-corrected chi connectivity index (χ1v) is 11.7. The highest BCUT2D eigenvalue weighted by Gasteiger charge is 2.13.